The van der Waals surface area contributed by atoms with Gasteiger partial charge in [0.05, 0.1) is 36.1 Å². The standard InChI is InChI=1S/C29H33BrN6O5/c1-2-12-31-26(38)22-23-28(40)36(18(15-37)13-17-8-4-3-5-9-17)25(29(23)14-19(30)24(22)41-29)27(39)32-16-35-21-11-7-6-10-20(21)33-34-35/h3-11,18-19,22-25,37H,2,12-16H2,1H3,(H,31,38)(H,32,39)/t18-,19?,22+,23+,24+,25?,29?/m1/s1. The Morgan fingerprint density at radius 1 is 1.15 bits per heavy atom. The van der Waals surface area contributed by atoms with Crippen LogP contribution < -0.4 is 10.6 Å². The number of alkyl halides is 1. The van der Waals surface area contributed by atoms with Gasteiger partial charge in [-0.25, -0.2) is 4.68 Å². The van der Waals surface area contributed by atoms with Gasteiger partial charge >= 0.3 is 0 Å². The van der Waals surface area contributed by atoms with E-state index in [1.54, 1.807) is 4.68 Å². The third kappa shape index (κ3) is 4.61. The second-order valence-corrected chi connectivity index (χ2v) is 12.2. The number of hydrogen-bond acceptors (Lipinski definition) is 7. The SMILES string of the molecule is CCCNC(=O)[C@H]1[C@H]2C(=O)N([C@@H](CO)Cc3ccccc3)C(C(=O)NCn3nnc4ccccc43)C23CC(Br)[C@@H]1O3. The van der Waals surface area contributed by atoms with E-state index >= 15 is 0 Å². The molecule has 11 nitrogen and oxygen atoms in total. The minimum Gasteiger partial charge on any atom is -0.394 e. The monoisotopic (exact) mass is 624 g/mol. The summed E-state index contributed by atoms with van der Waals surface area (Å²) in [6, 6.07) is 15.2. The third-order valence-corrected chi connectivity index (χ3v) is 9.41. The number of fused-ring (bicyclic) bond motifs is 2. The Balaban J connectivity index is 1.35. The van der Waals surface area contributed by atoms with E-state index in [1.807, 2.05) is 61.5 Å². The molecule has 3 aliphatic rings. The molecule has 3 aromatic rings. The minimum absolute atomic E-state index is 0.0304. The van der Waals surface area contributed by atoms with Crippen LogP contribution in [0.4, 0.5) is 0 Å². The Hall–Kier alpha value is -3.35. The van der Waals surface area contributed by atoms with Gasteiger partial charge in [0.1, 0.15) is 23.8 Å². The van der Waals surface area contributed by atoms with Gasteiger partial charge in [-0.1, -0.05) is 70.5 Å². The maximum absolute atomic E-state index is 14.3. The van der Waals surface area contributed by atoms with E-state index in [0.29, 0.717) is 24.9 Å². The summed E-state index contributed by atoms with van der Waals surface area (Å²) < 4.78 is 8.13. The quantitative estimate of drug-likeness (QED) is 0.290. The third-order valence-electron chi connectivity index (χ3n) is 8.57. The lowest BCUT2D eigenvalue weighted by Gasteiger charge is -2.37. The number of carbonyl (C=O) groups excluding carboxylic acids is 3. The Kier molecular flexibility index (Phi) is 7.56. The molecule has 4 heterocycles. The first-order valence-electron chi connectivity index (χ1n) is 14.0. The number of aliphatic hydroxyl groups excluding tert-OH is 1. The van der Waals surface area contributed by atoms with E-state index in [0.717, 1.165) is 17.5 Å². The molecule has 1 aromatic heterocycles. The van der Waals surface area contributed by atoms with E-state index in [2.05, 4.69) is 36.9 Å². The second kappa shape index (κ2) is 11.1. The van der Waals surface area contributed by atoms with Crippen molar-refractivity contribution in [2.45, 2.75) is 61.5 Å². The molecule has 3 saturated heterocycles. The predicted molar refractivity (Wildman–Crippen MR) is 153 cm³/mol. The average Bonchev–Trinajstić information content (AvgIpc) is 3.71. The van der Waals surface area contributed by atoms with Gasteiger partial charge in [0.2, 0.25) is 17.7 Å². The Labute approximate surface area is 245 Å². The van der Waals surface area contributed by atoms with Crippen molar-refractivity contribution < 1.29 is 24.2 Å². The summed E-state index contributed by atoms with van der Waals surface area (Å²) in [6.45, 7) is 2.12. The number of aliphatic hydroxyl groups is 1. The van der Waals surface area contributed by atoms with Crippen molar-refractivity contribution in [1.29, 1.82) is 0 Å². The highest BCUT2D eigenvalue weighted by molar-refractivity contribution is 9.09. The molecule has 41 heavy (non-hydrogen) atoms. The highest BCUT2D eigenvalue weighted by atomic mass is 79.9. The van der Waals surface area contributed by atoms with Gasteiger partial charge in [-0.05, 0) is 37.0 Å². The van der Waals surface area contributed by atoms with Crippen molar-refractivity contribution in [3.8, 4) is 0 Å². The number of carbonyl (C=O) groups is 3. The molecule has 2 aromatic carbocycles. The first-order chi connectivity index (χ1) is 19.9. The number of ether oxygens (including phenoxy) is 1. The number of hydrogen-bond donors (Lipinski definition) is 3. The van der Waals surface area contributed by atoms with Crippen LogP contribution in [0.1, 0.15) is 25.3 Å². The van der Waals surface area contributed by atoms with E-state index in [9.17, 15) is 19.5 Å². The van der Waals surface area contributed by atoms with Crippen molar-refractivity contribution >= 4 is 44.7 Å². The average molecular weight is 626 g/mol. The maximum Gasteiger partial charge on any atom is 0.247 e. The van der Waals surface area contributed by atoms with E-state index < -0.39 is 41.5 Å². The van der Waals surface area contributed by atoms with Crippen LogP contribution in [0, 0.1) is 11.8 Å². The van der Waals surface area contributed by atoms with Crippen molar-refractivity contribution in [2.24, 2.45) is 11.8 Å². The maximum atomic E-state index is 14.3. The summed E-state index contributed by atoms with van der Waals surface area (Å²) in [5.74, 6) is -2.61. The van der Waals surface area contributed by atoms with Crippen LogP contribution in [0.3, 0.4) is 0 Å². The molecule has 2 bridgehead atoms. The number of halogens is 1. The van der Waals surface area contributed by atoms with E-state index in [1.165, 1.54) is 4.90 Å². The number of rotatable bonds is 10. The molecule has 12 heteroatoms. The highest BCUT2D eigenvalue weighted by Gasteiger charge is 2.77. The van der Waals surface area contributed by atoms with Gasteiger partial charge in [0.25, 0.3) is 0 Å². The zero-order valence-electron chi connectivity index (χ0n) is 22.6. The number of likely N-dealkylation sites (tertiary alicyclic amines) is 1. The summed E-state index contributed by atoms with van der Waals surface area (Å²) in [4.78, 5) is 43.1. The van der Waals surface area contributed by atoms with Crippen LogP contribution in [-0.4, -0.2) is 84.5 Å². The summed E-state index contributed by atoms with van der Waals surface area (Å²) in [5.41, 5.74) is 1.15. The smallest absolute Gasteiger partial charge is 0.247 e. The van der Waals surface area contributed by atoms with Crippen LogP contribution >= 0.6 is 15.9 Å². The van der Waals surface area contributed by atoms with Gasteiger partial charge in [-0.2, -0.15) is 0 Å². The molecule has 0 saturated carbocycles. The lowest BCUT2D eigenvalue weighted by Crippen LogP contribution is -2.58. The fourth-order valence-electron chi connectivity index (χ4n) is 6.85. The highest BCUT2D eigenvalue weighted by Crippen LogP contribution is 2.60. The fraction of sp³-hybridized carbons (Fsp3) is 0.483. The van der Waals surface area contributed by atoms with Gasteiger partial charge in [-0.15, -0.1) is 5.10 Å². The topological polar surface area (TPSA) is 139 Å². The van der Waals surface area contributed by atoms with Crippen LogP contribution in [0.2, 0.25) is 0 Å². The molecule has 3 aliphatic heterocycles. The molecule has 0 radical (unpaired) electrons. The largest absolute Gasteiger partial charge is 0.394 e. The Morgan fingerprint density at radius 3 is 2.66 bits per heavy atom. The predicted octanol–water partition coefficient (Wildman–Crippen LogP) is 1.38. The fourth-order valence-corrected chi connectivity index (χ4v) is 7.79. The molecule has 0 aliphatic carbocycles. The lowest BCUT2D eigenvalue weighted by atomic mass is 9.70. The number of nitrogens with one attached hydrogen (secondary N) is 2. The molecule has 3 amide bonds. The molecular formula is C29H33BrN6O5. The summed E-state index contributed by atoms with van der Waals surface area (Å²) >= 11 is 3.69. The molecular weight excluding hydrogens is 592 g/mol. The molecule has 6 rings (SSSR count). The molecule has 3 N–H and O–H groups in total. The molecule has 216 valence electrons. The number of amides is 3. The van der Waals surface area contributed by atoms with Crippen LogP contribution in [-0.2, 0) is 32.2 Å². The van der Waals surface area contributed by atoms with Crippen molar-refractivity contribution in [3.63, 3.8) is 0 Å². The van der Waals surface area contributed by atoms with Crippen LogP contribution in [0.25, 0.3) is 11.0 Å². The first kappa shape index (κ1) is 27.8. The molecule has 3 unspecified atom stereocenters. The van der Waals surface area contributed by atoms with Gasteiger partial charge in [0, 0.05) is 11.4 Å². The molecule has 3 fully saturated rings. The Bertz CT molecular complexity index is 1450. The summed E-state index contributed by atoms with van der Waals surface area (Å²) in [7, 11) is 0. The van der Waals surface area contributed by atoms with Gasteiger partial charge in [-0.3, -0.25) is 14.4 Å². The van der Waals surface area contributed by atoms with Crippen molar-refractivity contribution in [3.05, 3.63) is 60.2 Å². The van der Waals surface area contributed by atoms with Crippen molar-refractivity contribution in [1.82, 2.24) is 30.5 Å². The van der Waals surface area contributed by atoms with Crippen LogP contribution in [0.15, 0.2) is 54.6 Å². The van der Waals surface area contributed by atoms with Crippen molar-refractivity contribution in [2.75, 3.05) is 13.2 Å². The normalized spacial score (nSPS) is 29.1. The first-order valence-corrected chi connectivity index (χ1v) is 14.9. The molecule has 7 atom stereocenters. The zero-order chi connectivity index (χ0) is 28.7. The lowest BCUT2D eigenvalue weighted by molar-refractivity contribution is -0.145. The second-order valence-electron chi connectivity index (χ2n) is 11.0. The van der Waals surface area contributed by atoms with Gasteiger partial charge < -0.3 is 25.4 Å². The number of aromatic nitrogens is 3. The summed E-state index contributed by atoms with van der Waals surface area (Å²) in [6.07, 6.45) is 0.940. The minimum atomic E-state index is -1.22. The van der Waals surface area contributed by atoms with Gasteiger partial charge in [0.15, 0.2) is 0 Å². The van der Waals surface area contributed by atoms with E-state index in [-0.39, 0.29) is 29.9 Å². The summed E-state index contributed by atoms with van der Waals surface area (Å²) in [5, 5.41) is 24.8. The van der Waals surface area contributed by atoms with E-state index in [4.69, 9.17) is 4.74 Å². The number of benzene rings is 2. The Morgan fingerprint density at radius 2 is 1.90 bits per heavy atom. The molecule has 1 spiro atoms. The number of para-hydroxylation sites is 1. The van der Waals surface area contributed by atoms with Crippen LogP contribution in [0.5, 0.6) is 0 Å². The zero-order valence-corrected chi connectivity index (χ0v) is 24.2. The number of nitrogens with zero attached hydrogens (tertiary/aromatic N) is 4.